The molecule has 116 valence electrons. The normalized spacial score (nSPS) is 16.6. The molecule has 1 aliphatic heterocycles. The van der Waals surface area contributed by atoms with Gasteiger partial charge in [0, 0.05) is 28.5 Å². The maximum atomic E-state index is 10.7. The zero-order valence-corrected chi connectivity index (χ0v) is 13.5. The summed E-state index contributed by atoms with van der Waals surface area (Å²) in [7, 11) is 0. The zero-order chi connectivity index (χ0) is 15.8. The quantitative estimate of drug-likeness (QED) is 0.257. The smallest absolute Gasteiger partial charge is 0.296 e. The lowest BCUT2D eigenvalue weighted by Gasteiger charge is -2.07. The second-order valence-corrected chi connectivity index (χ2v) is 7.19. The van der Waals surface area contributed by atoms with Crippen LogP contribution in [0.4, 0.5) is 5.69 Å². The van der Waals surface area contributed by atoms with Crippen molar-refractivity contribution < 1.29 is 9.49 Å². The first-order valence-electron chi connectivity index (χ1n) is 6.95. The van der Waals surface area contributed by atoms with Crippen LogP contribution in [0.25, 0.3) is 11.2 Å². The van der Waals surface area contributed by atoms with Gasteiger partial charge in [-0.2, -0.15) is 4.98 Å². The summed E-state index contributed by atoms with van der Waals surface area (Å²) in [6.07, 6.45) is 3.51. The molecule has 0 bridgehead atoms. The lowest BCUT2D eigenvalue weighted by molar-refractivity contribution is -0.744. The van der Waals surface area contributed by atoms with Crippen LogP contribution >= 0.6 is 23.5 Å². The fraction of sp³-hybridized carbons (Fsp3) is 0.214. The highest BCUT2D eigenvalue weighted by Gasteiger charge is 2.31. The highest BCUT2D eigenvalue weighted by atomic mass is 32.2. The molecular formula is C14H12N5O2S2+. The molecule has 1 aromatic carbocycles. The SMILES string of the molecule is O=[N+]([O-])c1ccc(SC[C@@H]2CSc3c4[nH]cnc4nc[n+]32)cc1. The minimum absolute atomic E-state index is 0.122. The fourth-order valence-corrected chi connectivity index (χ4v) is 4.90. The molecule has 3 heterocycles. The van der Waals surface area contributed by atoms with Crippen LogP contribution in [-0.2, 0) is 0 Å². The number of rotatable bonds is 4. The Bertz CT molecular complexity index is 881. The number of hydrogen-bond donors (Lipinski definition) is 1. The molecule has 4 rings (SSSR count). The van der Waals surface area contributed by atoms with Crippen molar-refractivity contribution in [1.82, 2.24) is 15.0 Å². The Morgan fingerprint density at radius 2 is 2.22 bits per heavy atom. The monoisotopic (exact) mass is 346 g/mol. The molecule has 2 aromatic heterocycles. The highest BCUT2D eigenvalue weighted by molar-refractivity contribution is 8.00. The molecule has 23 heavy (non-hydrogen) atoms. The lowest BCUT2D eigenvalue weighted by atomic mass is 10.3. The van der Waals surface area contributed by atoms with Crippen LogP contribution in [-0.4, -0.2) is 31.4 Å². The van der Waals surface area contributed by atoms with Crippen LogP contribution in [0.2, 0.25) is 0 Å². The molecule has 0 spiro atoms. The predicted molar refractivity (Wildman–Crippen MR) is 87.7 cm³/mol. The van der Waals surface area contributed by atoms with Gasteiger partial charge in [-0.25, -0.2) is 4.57 Å². The van der Waals surface area contributed by atoms with E-state index in [2.05, 4.69) is 19.5 Å². The van der Waals surface area contributed by atoms with Crippen molar-refractivity contribution in [3.05, 3.63) is 47.0 Å². The van der Waals surface area contributed by atoms with E-state index in [1.807, 2.05) is 6.33 Å². The molecular weight excluding hydrogens is 334 g/mol. The Morgan fingerprint density at radius 1 is 1.39 bits per heavy atom. The van der Waals surface area contributed by atoms with Gasteiger partial charge in [0.1, 0.15) is 6.04 Å². The van der Waals surface area contributed by atoms with Crippen molar-refractivity contribution in [2.24, 2.45) is 0 Å². The van der Waals surface area contributed by atoms with Crippen LogP contribution in [0.1, 0.15) is 6.04 Å². The van der Waals surface area contributed by atoms with Gasteiger partial charge in [-0.15, -0.1) is 11.8 Å². The number of non-ortho nitro benzene ring substituents is 1. The number of nitro benzene ring substituents is 1. The van der Waals surface area contributed by atoms with E-state index < -0.39 is 0 Å². The summed E-state index contributed by atoms with van der Waals surface area (Å²) >= 11 is 3.50. The molecule has 3 aromatic rings. The van der Waals surface area contributed by atoms with Crippen molar-refractivity contribution in [3.63, 3.8) is 0 Å². The first kappa shape index (κ1) is 14.5. The number of imidazole rings is 1. The molecule has 0 amide bonds. The Kier molecular flexibility index (Phi) is 3.66. The van der Waals surface area contributed by atoms with Gasteiger partial charge in [-0.05, 0) is 17.1 Å². The largest absolute Gasteiger partial charge is 0.337 e. The molecule has 0 saturated carbocycles. The minimum Gasteiger partial charge on any atom is -0.337 e. The van der Waals surface area contributed by atoms with E-state index in [1.165, 1.54) is 5.03 Å². The van der Waals surface area contributed by atoms with E-state index in [9.17, 15) is 10.1 Å². The van der Waals surface area contributed by atoms with E-state index in [1.54, 1.807) is 54.1 Å². The van der Waals surface area contributed by atoms with Gasteiger partial charge in [0.25, 0.3) is 17.7 Å². The number of nitrogens with zero attached hydrogens (tertiary/aromatic N) is 4. The van der Waals surface area contributed by atoms with Crippen LogP contribution in [0.5, 0.6) is 0 Å². The first-order chi connectivity index (χ1) is 11.2. The number of aromatic nitrogens is 4. The third kappa shape index (κ3) is 2.66. The van der Waals surface area contributed by atoms with E-state index in [-0.39, 0.29) is 10.6 Å². The Labute approximate surface area is 139 Å². The van der Waals surface area contributed by atoms with Crippen molar-refractivity contribution in [2.45, 2.75) is 16.0 Å². The fourth-order valence-electron chi connectivity index (χ4n) is 2.49. The molecule has 0 aliphatic carbocycles. The number of nitrogens with one attached hydrogen (secondary N) is 1. The molecule has 1 atom stereocenters. The Morgan fingerprint density at radius 3 is 3.00 bits per heavy atom. The molecule has 9 heteroatoms. The van der Waals surface area contributed by atoms with Gasteiger partial charge in [-0.1, -0.05) is 11.8 Å². The third-order valence-corrected chi connectivity index (χ3v) is 6.06. The summed E-state index contributed by atoms with van der Waals surface area (Å²) in [5.41, 5.74) is 1.85. The predicted octanol–water partition coefficient (Wildman–Crippen LogP) is 2.59. The minimum atomic E-state index is -0.379. The maximum absolute atomic E-state index is 10.7. The van der Waals surface area contributed by atoms with E-state index in [0.717, 1.165) is 27.6 Å². The number of nitro groups is 1. The van der Waals surface area contributed by atoms with Crippen molar-refractivity contribution in [3.8, 4) is 0 Å². The van der Waals surface area contributed by atoms with Gasteiger partial charge < -0.3 is 4.98 Å². The molecule has 0 saturated heterocycles. The van der Waals surface area contributed by atoms with Gasteiger partial charge in [0.2, 0.25) is 0 Å². The topological polar surface area (TPSA) is 88.6 Å². The van der Waals surface area contributed by atoms with Gasteiger partial charge >= 0.3 is 0 Å². The van der Waals surface area contributed by atoms with Crippen molar-refractivity contribution >= 4 is 40.4 Å². The molecule has 1 aliphatic rings. The van der Waals surface area contributed by atoms with Crippen LogP contribution < -0.4 is 4.57 Å². The average molecular weight is 346 g/mol. The molecule has 0 unspecified atom stereocenters. The summed E-state index contributed by atoms with van der Waals surface area (Å²) < 4.78 is 2.18. The lowest BCUT2D eigenvalue weighted by Crippen LogP contribution is -2.40. The van der Waals surface area contributed by atoms with E-state index >= 15 is 0 Å². The zero-order valence-electron chi connectivity index (χ0n) is 11.9. The summed E-state index contributed by atoms with van der Waals surface area (Å²) in [5.74, 6) is 1.88. The highest BCUT2D eigenvalue weighted by Crippen LogP contribution is 2.33. The first-order valence-corrected chi connectivity index (χ1v) is 8.93. The number of aromatic amines is 1. The number of H-pyrrole nitrogens is 1. The number of hydrogen-bond acceptors (Lipinski definition) is 6. The maximum Gasteiger partial charge on any atom is 0.296 e. The van der Waals surface area contributed by atoms with Gasteiger partial charge in [0.15, 0.2) is 10.5 Å². The Hall–Kier alpha value is -2.13. The van der Waals surface area contributed by atoms with Crippen molar-refractivity contribution in [2.75, 3.05) is 11.5 Å². The Balaban J connectivity index is 1.50. The van der Waals surface area contributed by atoms with E-state index in [0.29, 0.717) is 6.04 Å². The molecule has 0 radical (unpaired) electrons. The summed E-state index contributed by atoms with van der Waals surface area (Å²) in [5, 5.41) is 11.8. The standard InChI is InChI=1S/C14H11N5O2S2/c20-19(21)9-1-3-11(4-2-9)22-5-10-6-23-14-12-13(16-7-15-12)17-8-18(10)14/h1-4,7-8,10H,5-6H2/p+1/t10-/m1/s1. The number of thioether (sulfide) groups is 2. The number of fused-ring (bicyclic) bond motifs is 3. The van der Waals surface area contributed by atoms with Crippen molar-refractivity contribution in [1.29, 1.82) is 0 Å². The summed E-state index contributed by atoms with van der Waals surface area (Å²) in [6.45, 7) is 0. The van der Waals surface area contributed by atoms with Gasteiger partial charge in [-0.3, -0.25) is 10.1 Å². The van der Waals surface area contributed by atoms with Crippen LogP contribution in [0, 0.1) is 10.1 Å². The summed E-state index contributed by atoms with van der Waals surface area (Å²) in [6, 6.07) is 7.03. The van der Waals surface area contributed by atoms with E-state index in [4.69, 9.17) is 0 Å². The number of benzene rings is 1. The second kappa shape index (κ2) is 5.82. The molecule has 1 N–H and O–H groups in total. The molecule has 7 nitrogen and oxygen atoms in total. The third-order valence-electron chi connectivity index (χ3n) is 3.67. The van der Waals surface area contributed by atoms with Gasteiger partial charge in [0.05, 0.1) is 11.3 Å². The summed E-state index contributed by atoms with van der Waals surface area (Å²) in [4.78, 5) is 23.0. The van der Waals surface area contributed by atoms with Crippen LogP contribution in [0.15, 0.2) is 46.8 Å². The van der Waals surface area contributed by atoms with Crippen LogP contribution in [0.3, 0.4) is 0 Å². The second-order valence-electron chi connectivity index (χ2n) is 5.08. The average Bonchev–Trinajstić information content (AvgIpc) is 3.19. The molecule has 0 fully saturated rings.